The first-order valence-electron chi connectivity index (χ1n) is 23.8. The highest BCUT2D eigenvalue weighted by Gasteiger charge is 2.19. The van der Waals surface area contributed by atoms with E-state index in [0.29, 0.717) is 32.9 Å². The van der Waals surface area contributed by atoms with Crippen molar-refractivity contribution in [3.63, 3.8) is 0 Å². The maximum atomic E-state index is 9.38. The molecule has 4 nitrogen and oxygen atoms in total. The monoisotopic (exact) mass is 667 g/mol. The molecule has 0 radical (unpaired) electrons. The van der Waals surface area contributed by atoms with E-state index in [1.54, 1.807) is 18.2 Å². The first kappa shape index (κ1) is 17.1. The quantitative estimate of drug-likeness (QED) is 0.183. The van der Waals surface area contributed by atoms with Crippen LogP contribution in [0.15, 0.2) is 180 Å². The van der Waals surface area contributed by atoms with E-state index >= 15 is 0 Å². The van der Waals surface area contributed by atoms with E-state index in [-0.39, 0.29) is 5.82 Å². The maximum absolute atomic E-state index is 9.38. The summed E-state index contributed by atoms with van der Waals surface area (Å²) in [5.74, 6) is -1.09. The van der Waals surface area contributed by atoms with Crippen LogP contribution in [-0.2, 0) is 0 Å². The Bertz CT molecular complexity index is 3770. The van der Waals surface area contributed by atoms with E-state index in [2.05, 4.69) is 4.98 Å². The summed E-state index contributed by atoms with van der Waals surface area (Å²) in [5, 5.41) is 1.68. The Labute approximate surface area is 316 Å². The molecular formula is C47H29N3O. The molecule has 10 aromatic rings. The summed E-state index contributed by atoms with van der Waals surface area (Å²) in [6.07, 6.45) is 0. The zero-order chi connectivity index (χ0) is 47.7. The molecule has 0 fully saturated rings. The van der Waals surface area contributed by atoms with Gasteiger partial charge in [0.2, 0.25) is 0 Å². The van der Waals surface area contributed by atoms with Gasteiger partial charge in [-0.2, -0.15) is 0 Å². The van der Waals surface area contributed by atoms with E-state index in [9.17, 15) is 5.48 Å². The normalized spacial score (nSPS) is 15.9. The van der Waals surface area contributed by atoms with Gasteiger partial charge >= 0.3 is 0 Å². The second-order valence-electron chi connectivity index (χ2n) is 11.6. The standard InChI is InChI=1S/C47H29N3O/c1-3-12-30(13-4-1)35-26-27-43-40(28-35)41-29-42(38-19-9-10-20-39(38)44(41)51-43)47-49-45(33-15-5-2-6-16-33)48-46(50-47)34-24-22-32(23-25-34)37-21-11-17-31-14-7-8-18-36(31)37/h1-29H/i2D,5D,6D,7D,8D,11D,14D,15D,16D,17D,18D,21D,22D,23D,24D,25D. The van der Waals surface area contributed by atoms with Crippen molar-refractivity contribution in [1.82, 2.24) is 15.0 Å². The van der Waals surface area contributed by atoms with Crippen molar-refractivity contribution in [2.24, 2.45) is 0 Å². The number of rotatable bonds is 5. The Kier molecular flexibility index (Phi) is 4.00. The van der Waals surface area contributed by atoms with Gasteiger partial charge in [0.15, 0.2) is 17.5 Å². The fraction of sp³-hybridized carbons (Fsp3) is 0. The number of furan rings is 1. The number of aromatic nitrogens is 3. The molecule has 0 saturated carbocycles. The molecule has 0 N–H and O–H groups in total. The Hall–Kier alpha value is -6.91. The predicted octanol–water partition coefficient (Wildman–Crippen LogP) is 12.4. The molecule has 0 aliphatic heterocycles. The van der Waals surface area contributed by atoms with Crippen molar-refractivity contribution in [2.75, 3.05) is 0 Å². The second-order valence-corrected chi connectivity index (χ2v) is 11.6. The molecule has 0 atom stereocenters. The molecule has 0 aliphatic rings. The Morgan fingerprint density at radius 2 is 1.06 bits per heavy atom. The molecule has 8 aromatic carbocycles. The lowest BCUT2D eigenvalue weighted by Crippen LogP contribution is -2.00. The van der Waals surface area contributed by atoms with Gasteiger partial charge in [-0.3, -0.25) is 0 Å². The minimum atomic E-state index is -0.812. The van der Waals surface area contributed by atoms with E-state index in [4.69, 9.17) is 30.8 Å². The van der Waals surface area contributed by atoms with E-state index < -0.39 is 141 Å². The predicted molar refractivity (Wildman–Crippen MR) is 209 cm³/mol. The van der Waals surface area contributed by atoms with Gasteiger partial charge in [-0.1, -0.05) is 157 Å². The minimum absolute atomic E-state index is 0.139. The van der Waals surface area contributed by atoms with Crippen LogP contribution < -0.4 is 0 Å². The van der Waals surface area contributed by atoms with Gasteiger partial charge in [0.1, 0.15) is 11.2 Å². The first-order valence-corrected chi connectivity index (χ1v) is 15.8. The molecule has 238 valence electrons. The summed E-state index contributed by atoms with van der Waals surface area (Å²) < 4.78 is 147. The summed E-state index contributed by atoms with van der Waals surface area (Å²) in [6, 6.07) is 12.8. The van der Waals surface area contributed by atoms with Crippen molar-refractivity contribution in [3.05, 3.63) is 176 Å². The molecule has 4 heteroatoms. The van der Waals surface area contributed by atoms with Crippen LogP contribution in [0.1, 0.15) is 21.9 Å². The molecule has 51 heavy (non-hydrogen) atoms. The zero-order valence-corrected chi connectivity index (χ0v) is 26.3. The molecule has 2 heterocycles. The van der Waals surface area contributed by atoms with Gasteiger partial charge in [0.25, 0.3) is 0 Å². The van der Waals surface area contributed by atoms with Crippen molar-refractivity contribution >= 4 is 43.5 Å². The molecule has 0 bridgehead atoms. The third kappa shape index (κ3) is 5.04. The maximum Gasteiger partial charge on any atom is 0.164 e. The van der Waals surface area contributed by atoms with Crippen LogP contribution in [0.3, 0.4) is 0 Å². The summed E-state index contributed by atoms with van der Waals surface area (Å²) in [4.78, 5) is 14.0. The molecule has 10 rings (SSSR count). The topological polar surface area (TPSA) is 51.8 Å². The third-order valence-corrected chi connectivity index (χ3v) is 8.60. The van der Waals surface area contributed by atoms with Crippen molar-refractivity contribution < 1.29 is 26.3 Å². The van der Waals surface area contributed by atoms with Gasteiger partial charge in [-0.05, 0) is 56.6 Å². The minimum Gasteiger partial charge on any atom is -0.455 e. The number of hydrogen-bond acceptors (Lipinski definition) is 4. The second kappa shape index (κ2) is 11.9. The molecule has 2 aromatic heterocycles. The van der Waals surface area contributed by atoms with Crippen LogP contribution in [0.4, 0.5) is 0 Å². The average Bonchev–Trinajstić information content (AvgIpc) is 3.71. The fourth-order valence-corrected chi connectivity index (χ4v) is 6.22. The lowest BCUT2D eigenvalue weighted by Gasteiger charge is -2.12. The smallest absolute Gasteiger partial charge is 0.164 e. The Morgan fingerprint density at radius 1 is 0.392 bits per heavy atom. The first-order chi connectivity index (χ1) is 31.9. The van der Waals surface area contributed by atoms with Crippen molar-refractivity contribution in [3.8, 4) is 56.4 Å². The van der Waals surface area contributed by atoms with Crippen LogP contribution in [0.25, 0.3) is 99.9 Å². The van der Waals surface area contributed by atoms with E-state index in [1.165, 1.54) is 0 Å². The summed E-state index contributed by atoms with van der Waals surface area (Å²) in [5.41, 5.74) is 1.25. The van der Waals surface area contributed by atoms with Crippen LogP contribution in [-0.4, -0.2) is 15.0 Å². The average molecular weight is 668 g/mol. The summed E-state index contributed by atoms with van der Waals surface area (Å²) in [7, 11) is 0. The number of fused-ring (bicyclic) bond motifs is 6. The van der Waals surface area contributed by atoms with Crippen LogP contribution in [0, 0.1) is 0 Å². The van der Waals surface area contributed by atoms with Gasteiger partial charge in [0.05, 0.1) is 21.9 Å². The molecule has 0 unspecified atom stereocenters. The van der Waals surface area contributed by atoms with Gasteiger partial charge < -0.3 is 4.42 Å². The van der Waals surface area contributed by atoms with E-state index in [0.717, 1.165) is 16.5 Å². The summed E-state index contributed by atoms with van der Waals surface area (Å²) in [6.45, 7) is 0. The van der Waals surface area contributed by atoms with Crippen molar-refractivity contribution in [1.29, 1.82) is 0 Å². The van der Waals surface area contributed by atoms with E-state index in [1.807, 2.05) is 60.7 Å². The van der Waals surface area contributed by atoms with Gasteiger partial charge in [-0.15, -0.1) is 0 Å². The highest BCUT2D eigenvalue weighted by Crippen LogP contribution is 2.41. The van der Waals surface area contributed by atoms with Crippen LogP contribution in [0.5, 0.6) is 0 Å². The molecule has 0 amide bonds. The highest BCUT2D eigenvalue weighted by molar-refractivity contribution is 6.19. The number of benzene rings is 8. The highest BCUT2D eigenvalue weighted by atomic mass is 16.3. The zero-order valence-electron chi connectivity index (χ0n) is 42.3. The molecule has 0 spiro atoms. The molecular weight excluding hydrogens is 623 g/mol. The Morgan fingerprint density at radius 3 is 1.88 bits per heavy atom. The lowest BCUT2D eigenvalue weighted by atomic mass is 9.97. The fourth-order valence-electron chi connectivity index (χ4n) is 6.22. The Balaban J connectivity index is 1.29. The number of nitrogens with zero attached hydrogens (tertiary/aromatic N) is 3. The SMILES string of the molecule is [2H]c1c([2H])c([2H])c(-c2nc(-c3c([2H])c([2H])c(-c4c([2H])c([2H])c([2H])c5c([2H])c([2H])c([2H])c([2H])c45)c([2H])c3[2H])nc(-c3cc4c5cc(-c6ccccc6)ccc5oc4c4ccccc34)n2)c([2H])c1[2H]. The largest absolute Gasteiger partial charge is 0.455 e. The number of hydrogen-bond donors (Lipinski definition) is 0. The summed E-state index contributed by atoms with van der Waals surface area (Å²) >= 11 is 0. The lowest BCUT2D eigenvalue weighted by molar-refractivity contribution is 0.673. The third-order valence-electron chi connectivity index (χ3n) is 8.60. The molecule has 0 aliphatic carbocycles. The van der Waals surface area contributed by atoms with Crippen LogP contribution >= 0.6 is 0 Å². The molecule has 0 saturated heterocycles. The van der Waals surface area contributed by atoms with Gasteiger partial charge in [0, 0.05) is 32.8 Å². The van der Waals surface area contributed by atoms with Crippen molar-refractivity contribution in [2.45, 2.75) is 0 Å². The van der Waals surface area contributed by atoms with Gasteiger partial charge in [-0.25, -0.2) is 15.0 Å². The van der Waals surface area contributed by atoms with Crippen LogP contribution in [0.2, 0.25) is 0 Å².